The third-order valence-electron chi connectivity index (χ3n) is 4.92. The molecule has 0 fully saturated rings. The molecule has 0 unspecified atom stereocenters. The Morgan fingerprint density at radius 2 is 1.94 bits per heavy atom. The van der Waals surface area contributed by atoms with Crippen molar-refractivity contribution in [3.05, 3.63) is 70.7 Å². The van der Waals surface area contributed by atoms with Crippen molar-refractivity contribution in [3.63, 3.8) is 0 Å². The molecular weight excluding hydrogens is 395 g/mol. The van der Waals surface area contributed by atoms with Gasteiger partial charge in [0.05, 0.1) is 12.3 Å². The lowest BCUT2D eigenvalue weighted by molar-refractivity contribution is -0.294. The average molecular weight is 426 g/mol. The average Bonchev–Trinajstić information content (AvgIpc) is 3.31. The fraction of sp³-hybridized carbons (Fsp3) is 0.292. The second-order valence-corrected chi connectivity index (χ2v) is 7.21. The van der Waals surface area contributed by atoms with Crippen LogP contribution in [0.15, 0.2) is 48.2 Å². The minimum absolute atomic E-state index is 0. The summed E-state index contributed by atoms with van der Waals surface area (Å²) in [6.45, 7) is 5.60. The normalized spacial score (nSPS) is 14.2. The molecular formula is C24H31BF2N3O+. The van der Waals surface area contributed by atoms with E-state index in [4.69, 9.17) is 18.5 Å². The number of nitrogens with two attached hydrogens (primary N) is 1. The first-order chi connectivity index (χ1) is 14.1. The lowest BCUT2D eigenvalue weighted by Gasteiger charge is -2.07. The zero-order valence-electron chi connectivity index (χ0n) is 18.1. The van der Waals surface area contributed by atoms with Crippen LogP contribution in [-0.4, -0.2) is 36.8 Å². The van der Waals surface area contributed by atoms with Crippen LogP contribution in [0.25, 0.3) is 17.7 Å². The van der Waals surface area contributed by atoms with Crippen LogP contribution in [0.2, 0.25) is 0 Å². The third-order valence-corrected chi connectivity index (χ3v) is 4.92. The van der Waals surface area contributed by atoms with Crippen molar-refractivity contribution in [1.82, 2.24) is 4.98 Å². The Balaban J connectivity index is 0.00000240. The summed E-state index contributed by atoms with van der Waals surface area (Å²) in [4.78, 5) is 3.52. The number of ether oxygens (including phenoxy) is 1. The van der Waals surface area contributed by atoms with E-state index in [0.29, 0.717) is 6.54 Å². The molecule has 2 aromatic rings. The number of benzene rings is 1. The molecule has 0 saturated heterocycles. The zero-order chi connectivity index (χ0) is 20.6. The fourth-order valence-corrected chi connectivity index (χ4v) is 3.36. The predicted molar refractivity (Wildman–Crippen MR) is 128 cm³/mol. The van der Waals surface area contributed by atoms with Gasteiger partial charge >= 0.3 is 7.98 Å². The topological polar surface area (TPSA) is 54.0 Å². The van der Waals surface area contributed by atoms with Crippen LogP contribution in [0.3, 0.4) is 0 Å². The molecule has 164 valence electrons. The van der Waals surface area contributed by atoms with Crippen LogP contribution in [0, 0.1) is 6.92 Å². The summed E-state index contributed by atoms with van der Waals surface area (Å²) < 4.78 is 7.37. The number of aromatic amines is 1. The van der Waals surface area contributed by atoms with E-state index in [1.165, 1.54) is 5.56 Å². The van der Waals surface area contributed by atoms with Crippen LogP contribution in [0.1, 0.15) is 48.7 Å². The van der Waals surface area contributed by atoms with Crippen molar-refractivity contribution in [2.24, 2.45) is 5.73 Å². The maximum atomic E-state index is 6.07. The summed E-state index contributed by atoms with van der Waals surface area (Å²) in [6.07, 6.45) is 13.0. The first kappa shape index (κ1) is 26.1. The van der Waals surface area contributed by atoms with Crippen molar-refractivity contribution >= 4 is 31.9 Å². The van der Waals surface area contributed by atoms with Crippen molar-refractivity contribution in [2.75, 3.05) is 13.2 Å². The molecule has 2 radical (unpaired) electrons. The molecule has 0 atom stereocenters. The molecule has 3 N–H and O–H groups in total. The number of H-pyrrole nitrogens is 1. The van der Waals surface area contributed by atoms with Gasteiger partial charge in [-0.15, -0.1) is 0 Å². The monoisotopic (exact) mass is 426 g/mol. The molecule has 1 aliphatic rings. The Labute approximate surface area is 184 Å². The van der Waals surface area contributed by atoms with E-state index >= 15 is 0 Å². The molecule has 7 heteroatoms. The molecule has 0 saturated carbocycles. The van der Waals surface area contributed by atoms with Crippen LogP contribution in [0.5, 0.6) is 5.75 Å². The molecule has 1 aliphatic heterocycles. The van der Waals surface area contributed by atoms with Gasteiger partial charge in [0.1, 0.15) is 12.0 Å². The van der Waals surface area contributed by atoms with Gasteiger partial charge in [0.2, 0.25) is 0 Å². The van der Waals surface area contributed by atoms with Gasteiger partial charge < -0.3 is 15.5 Å². The van der Waals surface area contributed by atoms with Crippen molar-refractivity contribution < 1.29 is 18.6 Å². The third kappa shape index (κ3) is 6.79. The number of aromatic nitrogens is 1. The molecule has 0 bridgehead atoms. The number of nitrogens with one attached hydrogen (secondary N) is 1. The highest BCUT2D eigenvalue weighted by molar-refractivity contribution is 6.01. The van der Waals surface area contributed by atoms with Gasteiger partial charge in [-0.3, -0.25) is 13.9 Å². The maximum Gasteiger partial charge on any atom is 0.586 e. The van der Waals surface area contributed by atoms with Crippen molar-refractivity contribution in [2.45, 2.75) is 33.1 Å². The second kappa shape index (κ2) is 12.7. The van der Waals surface area contributed by atoms with E-state index < -0.39 is 0 Å². The molecule has 0 amide bonds. The summed E-state index contributed by atoms with van der Waals surface area (Å²) >= 11 is 0. The molecule has 0 spiro atoms. The Bertz CT molecular complexity index is 960. The molecule has 4 nitrogen and oxygen atoms in total. The number of rotatable bonds is 9. The van der Waals surface area contributed by atoms with E-state index in [1.807, 2.05) is 30.5 Å². The lowest BCUT2D eigenvalue weighted by atomic mass is 10.0. The van der Waals surface area contributed by atoms with Gasteiger partial charge in [-0.25, -0.2) is 0 Å². The molecule has 31 heavy (non-hydrogen) atoms. The number of nitrogens with zero attached hydrogens (tertiary/aromatic N) is 1. The van der Waals surface area contributed by atoms with E-state index in [1.54, 1.807) is 4.49 Å². The maximum absolute atomic E-state index is 6.07. The molecule has 2 heterocycles. The zero-order valence-corrected chi connectivity index (χ0v) is 18.1. The minimum Gasteiger partial charge on any atom is -0.494 e. The Hall–Kier alpha value is -2.93. The number of hydrogen-bond acceptors (Lipinski definition) is 2. The minimum atomic E-state index is 0. The smallest absolute Gasteiger partial charge is 0.494 e. The van der Waals surface area contributed by atoms with E-state index in [9.17, 15) is 0 Å². The van der Waals surface area contributed by atoms with Gasteiger partial charge in [0.15, 0.2) is 5.70 Å². The second-order valence-electron chi connectivity index (χ2n) is 7.21. The number of hydrogen-bond donors (Lipinski definition) is 2. The molecule has 1 aromatic heterocycles. The number of halogens is 2. The summed E-state index contributed by atoms with van der Waals surface area (Å²) in [6, 6.07) is 10.3. The van der Waals surface area contributed by atoms with Crippen LogP contribution < -0.4 is 10.5 Å². The van der Waals surface area contributed by atoms with Gasteiger partial charge in [0, 0.05) is 23.4 Å². The quantitative estimate of drug-likeness (QED) is 0.448. The summed E-state index contributed by atoms with van der Waals surface area (Å²) in [5.74, 6) is 0.916. The number of aryl methyl sites for hydroxylation is 1. The van der Waals surface area contributed by atoms with Gasteiger partial charge in [-0.1, -0.05) is 31.6 Å². The number of allylic oxidation sites excluding steroid dienone is 2. The van der Waals surface area contributed by atoms with Crippen LogP contribution >= 0.6 is 0 Å². The molecule has 1 aromatic carbocycles. The Morgan fingerprint density at radius 1 is 1.19 bits per heavy atom. The largest absolute Gasteiger partial charge is 0.586 e. The first-order valence-corrected chi connectivity index (χ1v) is 10.2. The number of unbranched alkanes of at least 4 members (excludes halogenated alkanes) is 1. The summed E-state index contributed by atoms with van der Waals surface area (Å²) in [7, 11) is 6.07. The molecule has 3 rings (SSSR count). The molecule has 0 aliphatic carbocycles. The van der Waals surface area contributed by atoms with Crippen LogP contribution in [0.4, 0.5) is 9.41 Å². The van der Waals surface area contributed by atoms with Crippen molar-refractivity contribution in [3.8, 4) is 5.75 Å². The van der Waals surface area contributed by atoms with Gasteiger partial charge in [0.25, 0.3) is 0 Å². The standard InChI is InChI=1S/C24H29BN3O.2FH/c1-3-4-16-29-21-11-8-19(9-12-21)7-10-20-17-18(2)24(27-20)22(13-14-26)23-6-5-15-28(23)25;;/h5-12,15,17,27H,3-4,13-14,16,26H2,1-2H3;2*1H/q+1;;/b10-7+;;. The van der Waals surface area contributed by atoms with E-state index in [-0.39, 0.29) is 9.41 Å². The first-order valence-electron chi connectivity index (χ1n) is 10.2. The highest BCUT2D eigenvalue weighted by Crippen LogP contribution is 2.27. The lowest BCUT2D eigenvalue weighted by Crippen LogP contribution is -2.09. The van der Waals surface area contributed by atoms with Gasteiger partial charge in [-0.2, -0.15) is 0 Å². The summed E-state index contributed by atoms with van der Waals surface area (Å²) in [5.41, 5.74) is 12.4. The van der Waals surface area contributed by atoms with E-state index in [0.717, 1.165) is 59.8 Å². The van der Waals surface area contributed by atoms with E-state index in [2.05, 4.69) is 49.2 Å². The van der Waals surface area contributed by atoms with Crippen molar-refractivity contribution in [1.29, 1.82) is 0 Å². The van der Waals surface area contributed by atoms with Crippen LogP contribution in [-0.2, 0) is 0 Å². The summed E-state index contributed by atoms with van der Waals surface area (Å²) in [5, 5.41) is 0. The fourth-order valence-electron chi connectivity index (χ4n) is 3.36. The Morgan fingerprint density at radius 3 is 2.55 bits per heavy atom. The highest BCUT2D eigenvalue weighted by Gasteiger charge is 2.20. The van der Waals surface area contributed by atoms with Gasteiger partial charge in [-0.05, 0) is 61.7 Å². The predicted octanol–water partition coefficient (Wildman–Crippen LogP) is 4.77. The SMILES string of the molecule is F.F.[B][N+]1=CC=CC1=C(CCN)c1[nH]c(/C=C/c2ccc(OCCCC)cc2)cc1C. The Kier molecular flexibility index (Phi) is 10.7. The highest BCUT2D eigenvalue weighted by atomic mass is 19.0.